The summed E-state index contributed by atoms with van der Waals surface area (Å²) in [5.41, 5.74) is 2.27. The molecule has 5 heteroatoms. The number of hydrogen-bond acceptors (Lipinski definition) is 3. The van der Waals surface area contributed by atoms with Gasteiger partial charge in [0.05, 0.1) is 12.0 Å². The molecule has 1 heterocycles. The molecular weight excluding hydrogens is 436 g/mol. The fourth-order valence-electron chi connectivity index (χ4n) is 9.73. The molecule has 0 bridgehead atoms. The van der Waals surface area contributed by atoms with E-state index < -0.39 is 0 Å². The van der Waals surface area contributed by atoms with Crippen molar-refractivity contribution in [1.82, 2.24) is 10.2 Å². The molecule has 0 radical (unpaired) electrons. The smallest absolute Gasteiger partial charge is 0.224 e. The first-order valence-electron chi connectivity index (χ1n) is 14.5. The number of fused-ring (bicyclic) bond motifs is 5. The number of aliphatic hydroxyl groups is 1. The molecule has 0 aromatic rings. The molecule has 0 unspecified atom stereocenters. The van der Waals surface area contributed by atoms with Crippen molar-refractivity contribution in [3.63, 3.8) is 0 Å². The zero-order chi connectivity index (χ0) is 25.0. The van der Waals surface area contributed by atoms with Gasteiger partial charge in [0.2, 0.25) is 11.8 Å². The Morgan fingerprint density at radius 3 is 2.71 bits per heavy atom. The Kier molecular flexibility index (Phi) is 6.87. The summed E-state index contributed by atoms with van der Waals surface area (Å²) in [7, 11) is 1.68. The monoisotopic (exact) mass is 484 g/mol. The maximum Gasteiger partial charge on any atom is 0.224 e. The molecule has 3 saturated carbocycles. The molecule has 196 valence electrons. The van der Waals surface area contributed by atoms with Crippen LogP contribution in [-0.2, 0) is 9.59 Å². The van der Waals surface area contributed by atoms with Crippen molar-refractivity contribution in [2.24, 2.45) is 46.3 Å². The topological polar surface area (TPSA) is 69.6 Å². The largest absolute Gasteiger partial charge is 0.393 e. The van der Waals surface area contributed by atoms with Crippen LogP contribution in [0.15, 0.2) is 11.6 Å². The van der Waals surface area contributed by atoms with Crippen molar-refractivity contribution < 1.29 is 14.7 Å². The van der Waals surface area contributed by atoms with E-state index in [9.17, 15) is 14.7 Å². The van der Waals surface area contributed by atoms with Gasteiger partial charge in [-0.15, -0.1) is 0 Å². The van der Waals surface area contributed by atoms with E-state index >= 15 is 0 Å². The molecule has 2 amide bonds. The molecule has 4 fully saturated rings. The van der Waals surface area contributed by atoms with Gasteiger partial charge in [0, 0.05) is 26.6 Å². The summed E-state index contributed by atoms with van der Waals surface area (Å²) in [5.74, 6) is 3.93. The van der Waals surface area contributed by atoms with Crippen molar-refractivity contribution in [3.8, 4) is 0 Å². The molecule has 0 aromatic heterocycles. The summed E-state index contributed by atoms with van der Waals surface area (Å²) in [5, 5.41) is 13.0. The van der Waals surface area contributed by atoms with Crippen molar-refractivity contribution in [2.75, 3.05) is 20.1 Å². The van der Waals surface area contributed by atoms with E-state index in [-0.39, 0.29) is 23.8 Å². The molecule has 5 rings (SSSR count). The highest BCUT2D eigenvalue weighted by atomic mass is 16.3. The summed E-state index contributed by atoms with van der Waals surface area (Å²) >= 11 is 0. The zero-order valence-corrected chi connectivity index (χ0v) is 22.5. The number of nitrogens with one attached hydrogen (secondary N) is 1. The highest BCUT2D eigenvalue weighted by molar-refractivity contribution is 5.81. The lowest BCUT2D eigenvalue weighted by Crippen LogP contribution is -2.50. The van der Waals surface area contributed by atoms with Crippen LogP contribution in [0.4, 0.5) is 0 Å². The van der Waals surface area contributed by atoms with Gasteiger partial charge in [0.1, 0.15) is 0 Å². The molecule has 0 aromatic carbocycles. The summed E-state index contributed by atoms with van der Waals surface area (Å²) in [6, 6.07) is 0. The van der Waals surface area contributed by atoms with Gasteiger partial charge in [0.15, 0.2) is 0 Å². The second-order valence-electron chi connectivity index (χ2n) is 13.3. The Morgan fingerprint density at radius 2 is 1.94 bits per heavy atom. The predicted molar refractivity (Wildman–Crippen MR) is 138 cm³/mol. The van der Waals surface area contributed by atoms with E-state index in [2.05, 4.69) is 32.2 Å². The minimum Gasteiger partial charge on any atom is -0.393 e. The van der Waals surface area contributed by atoms with E-state index in [1.54, 1.807) is 12.6 Å². The highest BCUT2D eigenvalue weighted by Gasteiger charge is 2.59. The highest BCUT2D eigenvalue weighted by Crippen LogP contribution is 2.67. The van der Waals surface area contributed by atoms with Crippen molar-refractivity contribution in [1.29, 1.82) is 0 Å². The Bertz CT molecular complexity index is 870. The van der Waals surface area contributed by atoms with E-state index in [0.717, 1.165) is 56.4 Å². The summed E-state index contributed by atoms with van der Waals surface area (Å²) < 4.78 is 0. The van der Waals surface area contributed by atoms with Crippen LogP contribution in [-0.4, -0.2) is 48.1 Å². The molecule has 5 nitrogen and oxygen atoms in total. The van der Waals surface area contributed by atoms with Crippen LogP contribution in [0.2, 0.25) is 0 Å². The van der Waals surface area contributed by atoms with Crippen LogP contribution in [0, 0.1) is 46.3 Å². The van der Waals surface area contributed by atoms with Crippen LogP contribution >= 0.6 is 0 Å². The van der Waals surface area contributed by atoms with Crippen LogP contribution in [0.5, 0.6) is 0 Å². The predicted octanol–water partition coefficient (Wildman–Crippen LogP) is 4.94. The minimum atomic E-state index is -0.130. The second kappa shape index (κ2) is 9.50. The molecule has 35 heavy (non-hydrogen) atoms. The number of carbonyl (C=O) groups excluding carboxylic acids is 2. The molecule has 1 aliphatic heterocycles. The minimum absolute atomic E-state index is 0.0367. The van der Waals surface area contributed by atoms with Gasteiger partial charge >= 0.3 is 0 Å². The summed E-state index contributed by atoms with van der Waals surface area (Å²) in [6.45, 7) is 8.81. The first-order valence-corrected chi connectivity index (χ1v) is 14.5. The van der Waals surface area contributed by atoms with Gasteiger partial charge < -0.3 is 15.3 Å². The lowest BCUT2D eigenvalue weighted by Gasteiger charge is -2.58. The SMILES string of the molecule is CNC(=O)[C@H]1CCN(C(=O)CC[C@@H](C)[C@H]2CC[C@H]3[C@@H]4CC=C5C[C@@H](O)CC[C@]5(C)[C@H]4CC[C@]23C)C1. The van der Waals surface area contributed by atoms with E-state index in [0.29, 0.717) is 35.6 Å². The maximum atomic E-state index is 12.9. The van der Waals surface area contributed by atoms with Gasteiger partial charge in [0.25, 0.3) is 0 Å². The number of likely N-dealkylation sites (tertiary alicyclic amines) is 1. The molecule has 0 spiro atoms. The molecule has 1 saturated heterocycles. The normalized spacial score (nSPS) is 43.6. The van der Waals surface area contributed by atoms with Gasteiger partial charge in [-0.3, -0.25) is 9.59 Å². The van der Waals surface area contributed by atoms with E-state index in [4.69, 9.17) is 0 Å². The Hall–Kier alpha value is -1.36. The summed E-state index contributed by atoms with van der Waals surface area (Å²) in [6.07, 6.45) is 14.3. The van der Waals surface area contributed by atoms with E-state index in [1.165, 1.54) is 32.1 Å². The van der Waals surface area contributed by atoms with Gasteiger partial charge in [-0.05, 0) is 105 Å². The lowest BCUT2D eigenvalue weighted by atomic mass is 9.47. The molecule has 5 aliphatic rings. The lowest BCUT2D eigenvalue weighted by molar-refractivity contribution is -0.131. The Balaban J connectivity index is 1.20. The second-order valence-corrected chi connectivity index (χ2v) is 13.3. The molecular formula is C30H48N2O3. The fraction of sp³-hybridized carbons (Fsp3) is 0.867. The zero-order valence-electron chi connectivity index (χ0n) is 22.5. The number of carbonyl (C=O) groups is 2. The van der Waals surface area contributed by atoms with Crippen LogP contribution < -0.4 is 5.32 Å². The van der Waals surface area contributed by atoms with Crippen LogP contribution in [0.25, 0.3) is 0 Å². The third-order valence-corrected chi connectivity index (χ3v) is 11.8. The number of rotatable bonds is 5. The quantitative estimate of drug-likeness (QED) is 0.543. The first-order chi connectivity index (χ1) is 16.7. The fourth-order valence-corrected chi connectivity index (χ4v) is 9.73. The van der Waals surface area contributed by atoms with Crippen molar-refractivity contribution in [2.45, 2.75) is 97.5 Å². The number of aliphatic hydroxyl groups excluding tert-OH is 1. The Labute approximate surface area is 212 Å². The standard InChI is InChI=1S/C30H48N2O3/c1-19(5-10-27(34)32-16-13-20(18-32)28(35)31-4)24-8-9-25-23-7-6-21-17-22(33)11-14-29(21,2)26(23)12-15-30(24,25)3/h6,19-20,22-26,33H,5,7-18H2,1-4H3,(H,31,35)/t19-,20+,22+,23+,24-,25+,26+,29+,30-/m1/s1. The van der Waals surface area contributed by atoms with E-state index in [1.807, 2.05) is 4.90 Å². The number of allylic oxidation sites excluding steroid dienone is 1. The van der Waals surface area contributed by atoms with Crippen molar-refractivity contribution >= 4 is 11.8 Å². The number of hydrogen-bond donors (Lipinski definition) is 2. The summed E-state index contributed by atoms with van der Waals surface area (Å²) in [4.78, 5) is 26.8. The average molecular weight is 485 g/mol. The third-order valence-electron chi connectivity index (χ3n) is 11.8. The molecule has 4 aliphatic carbocycles. The maximum absolute atomic E-state index is 12.9. The van der Waals surface area contributed by atoms with Gasteiger partial charge in [-0.1, -0.05) is 32.4 Å². The number of nitrogens with zero attached hydrogens (tertiary/aromatic N) is 1. The first kappa shape index (κ1) is 25.3. The van der Waals surface area contributed by atoms with Crippen LogP contribution in [0.1, 0.15) is 91.4 Å². The van der Waals surface area contributed by atoms with Crippen LogP contribution in [0.3, 0.4) is 0 Å². The van der Waals surface area contributed by atoms with Crippen molar-refractivity contribution in [3.05, 3.63) is 11.6 Å². The molecule has 2 N–H and O–H groups in total. The molecule has 9 atom stereocenters. The van der Waals surface area contributed by atoms with Gasteiger partial charge in [-0.25, -0.2) is 0 Å². The van der Waals surface area contributed by atoms with Gasteiger partial charge in [-0.2, -0.15) is 0 Å². The third kappa shape index (κ3) is 4.28. The average Bonchev–Trinajstić information content (AvgIpc) is 3.47. The number of amides is 2. The Morgan fingerprint density at radius 1 is 1.14 bits per heavy atom.